The summed E-state index contributed by atoms with van der Waals surface area (Å²) in [6.07, 6.45) is 0. The minimum absolute atomic E-state index is 0.0111. The number of rotatable bonds is 7. The van der Waals surface area contributed by atoms with Crippen molar-refractivity contribution in [3.63, 3.8) is 0 Å². The predicted molar refractivity (Wildman–Crippen MR) is 102 cm³/mol. The average molecular weight is 438 g/mol. The Morgan fingerprint density at radius 3 is 2.12 bits per heavy atom. The topological polar surface area (TPSA) is 81.7 Å². The van der Waals surface area contributed by atoms with Crippen LogP contribution < -0.4 is 4.72 Å². The molecule has 0 aliphatic carbocycles. The zero-order valence-electron chi connectivity index (χ0n) is 14.3. The lowest BCUT2D eigenvalue weighted by atomic mass is 10.2. The van der Waals surface area contributed by atoms with Crippen LogP contribution in [0.15, 0.2) is 47.4 Å². The van der Waals surface area contributed by atoms with E-state index in [1.54, 1.807) is 12.1 Å². The van der Waals surface area contributed by atoms with E-state index in [0.29, 0.717) is 5.02 Å². The van der Waals surface area contributed by atoms with Crippen LogP contribution >= 0.6 is 30.8 Å². The van der Waals surface area contributed by atoms with Crippen molar-refractivity contribution in [2.75, 3.05) is 14.2 Å². The van der Waals surface area contributed by atoms with Gasteiger partial charge in [0.1, 0.15) is 0 Å². The monoisotopic (exact) mass is 437 g/mol. The average Bonchev–Trinajstić information content (AvgIpc) is 2.60. The molecule has 2 aromatic rings. The molecule has 26 heavy (non-hydrogen) atoms. The van der Waals surface area contributed by atoms with Crippen LogP contribution in [-0.2, 0) is 23.6 Å². The third-order valence-electron chi connectivity index (χ3n) is 3.68. The maximum Gasteiger partial charge on any atom is 0.352 e. The second-order valence-corrected chi connectivity index (χ2v) is 10.3. The minimum Gasteiger partial charge on any atom is -0.311 e. The summed E-state index contributed by atoms with van der Waals surface area (Å²) in [4.78, 5) is 0.0111. The first-order valence-corrected chi connectivity index (χ1v) is 11.2. The van der Waals surface area contributed by atoms with E-state index < -0.39 is 23.4 Å². The van der Waals surface area contributed by atoms with Gasteiger partial charge in [0.2, 0.25) is 10.0 Å². The first-order valence-electron chi connectivity index (χ1n) is 7.38. The van der Waals surface area contributed by atoms with Crippen LogP contribution in [0.1, 0.15) is 16.9 Å². The summed E-state index contributed by atoms with van der Waals surface area (Å²) in [5.41, 5.74) is 1.12. The fourth-order valence-corrected chi connectivity index (χ4v) is 5.95. The maximum atomic E-state index is 13.0. The SMILES string of the molecule is COP(=O)(OC)C(NS(=O)(=O)c1ccc(C)cc1)c1ccc(Cl)cc1Cl. The number of sulfonamides is 1. The molecule has 2 rings (SSSR count). The van der Waals surface area contributed by atoms with Crippen molar-refractivity contribution in [1.82, 2.24) is 4.72 Å². The van der Waals surface area contributed by atoms with Crippen LogP contribution in [0.4, 0.5) is 0 Å². The van der Waals surface area contributed by atoms with Crippen molar-refractivity contribution in [3.05, 3.63) is 63.6 Å². The summed E-state index contributed by atoms with van der Waals surface area (Å²) in [5, 5.41) is 0.479. The number of aryl methyl sites for hydroxylation is 1. The summed E-state index contributed by atoms with van der Waals surface area (Å²) >= 11 is 12.1. The molecule has 1 N–H and O–H groups in total. The molecule has 0 fully saturated rings. The Bertz CT molecular complexity index is 926. The van der Waals surface area contributed by atoms with Gasteiger partial charge in [0, 0.05) is 29.8 Å². The van der Waals surface area contributed by atoms with Gasteiger partial charge >= 0.3 is 7.60 Å². The highest BCUT2D eigenvalue weighted by atomic mass is 35.5. The molecule has 0 saturated heterocycles. The standard InChI is InChI=1S/C16H18Cl2NO5PS/c1-11-4-7-13(8-5-11)26(21,22)19-16(25(20,23-2)24-3)14-9-6-12(17)10-15(14)18/h4-10,16,19H,1-3H3. The largest absolute Gasteiger partial charge is 0.352 e. The minimum atomic E-state index is -4.03. The van der Waals surface area contributed by atoms with Crippen molar-refractivity contribution in [2.45, 2.75) is 17.6 Å². The molecule has 0 aliphatic heterocycles. The lowest BCUT2D eigenvalue weighted by molar-refractivity contribution is 0.263. The predicted octanol–water partition coefficient (Wildman–Crippen LogP) is 4.76. The van der Waals surface area contributed by atoms with Gasteiger partial charge in [0.25, 0.3) is 0 Å². The Morgan fingerprint density at radius 1 is 1.04 bits per heavy atom. The molecule has 1 unspecified atom stereocenters. The highest BCUT2D eigenvalue weighted by Crippen LogP contribution is 2.59. The molecule has 0 amide bonds. The zero-order valence-corrected chi connectivity index (χ0v) is 17.5. The van der Waals surface area contributed by atoms with Crippen LogP contribution in [0.2, 0.25) is 10.0 Å². The van der Waals surface area contributed by atoms with Crippen molar-refractivity contribution in [2.24, 2.45) is 0 Å². The molecule has 0 spiro atoms. The highest BCUT2D eigenvalue weighted by molar-refractivity contribution is 7.89. The first-order chi connectivity index (χ1) is 12.1. The van der Waals surface area contributed by atoms with E-state index in [2.05, 4.69) is 4.72 Å². The second kappa shape index (κ2) is 8.40. The van der Waals surface area contributed by atoms with Crippen molar-refractivity contribution >= 4 is 40.8 Å². The summed E-state index contributed by atoms with van der Waals surface area (Å²) in [6, 6.07) is 10.6. The van der Waals surface area contributed by atoms with E-state index in [9.17, 15) is 13.0 Å². The maximum absolute atomic E-state index is 13.0. The molecule has 1 atom stereocenters. The molecule has 0 bridgehead atoms. The van der Waals surface area contributed by atoms with Gasteiger partial charge in [0.05, 0.1) is 4.90 Å². The van der Waals surface area contributed by atoms with Crippen molar-refractivity contribution < 1.29 is 22.0 Å². The highest BCUT2D eigenvalue weighted by Gasteiger charge is 2.40. The zero-order chi connectivity index (χ0) is 19.5. The van der Waals surface area contributed by atoms with E-state index in [0.717, 1.165) is 5.56 Å². The third kappa shape index (κ3) is 4.67. The van der Waals surface area contributed by atoms with Crippen LogP contribution in [-0.4, -0.2) is 22.6 Å². The van der Waals surface area contributed by atoms with Gasteiger partial charge < -0.3 is 9.05 Å². The molecule has 10 heteroatoms. The first kappa shape index (κ1) is 21.4. The van der Waals surface area contributed by atoms with E-state index in [1.165, 1.54) is 44.6 Å². The van der Waals surface area contributed by atoms with Crippen molar-refractivity contribution in [1.29, 1.82) is 0 Å². The van der Waals surface area contributed by atoms with Gasteiger partial charge in [-0.15, -0.1) is 0 Å². The Kier molecular flexibility index (Phi) is 6.91. The lowest BCUT2D eigenvalue weighted by Gasteiger charge is -2.26. The van der Waals surface area contributed by atoms with Gasteiger partial charge in [-0.3, -0.25) is 4.57 Å². The Hall–Kier alpha value is -0.920. The van der Waals surface area contributed by atoms with Gasteiger partial charge in [-0.25, -0.2) is 8.42 Å². The van der Waals surface area contributed by atoms with E-state index >= 15 is 0 Å². The van der Waals surface area contributed by atoms with Gasteiger partial charge in [-0.2, -0.15) is 4.72 Å². The fourth-order valence-electron chi connectivity index (χ4n) is 2.24. The normalized spacial score (nSPS) is 13.6. The van der Waals surface area contributed by atoms with Gasteiger partial charge in [0.15, 0.2) is 5.78 Å². The molecule has 0 aliphatic rings. The van der Waals surface area contributed by atoms with Crippen LogP contribution in [0.5, 0.6) is 0 Å². The smallest absolute Gasteiger partial charge is 0.311 e. The Labute approximate surface area is 163 Å². The van der Waals surface area contributed by atoms with Gasteiger partial charge in [-0.1, -0.05) is 47.0 Å². The van der Waals surface area contributed by atoms with Crippen LogP contribution in [0, 0.1) is 6.92 Å². The molecular formula is C16H18Cl2NO5PS. The van der Waals surface area contributed by atoms with Crippen LogP contribution in [0.25, 0.3) is 0 Å². The Balaban J connectivity index is 2.54. The van der Waals surface area contributed by atoms with E-state index in [1.807, 2.05) is 6.92 Å². The molecule has 0 saturated carbocycles. The van der Waals surface area contributed by atoms with Crippen LogP contribution in [0.3, 0.4) is 0 Å². The van der Waals surface area contributed by atoms with E-state index in [-0.39, 0.29) is 15.5 Å². The summed E-state index contributed by atoms with van der Waals surface area (Å²) in [5.74, 6) is -1.35. The van der Waals surface area contributed by atoms with E-state index in [4.69, 9.17) is 32.2 Å². The molecular weight excluding hydrogens is 420 g/mol. The molecule has 6 nitrogen and oxygen atoms in total. The number of hydrogen-bond acceptors (Lipinski definition) is 5. The quantitative estimate of drug-likeness (QED) is 0.631. The Morgan fingerprint density at radius 2 is 1.62 bits per heavy atom. The van der Waals surface area contributed by atoms with Gasteiger partial charge in [-0.05, 0) is 31.2 Å². The number of nitrogens with one attached hydrogen (secondary N) is 1. The molecule has 0 aromatic heterocycles. The summed E-state index contributed by atoms with van der Waals surface area (Å²) < 4.78 is 50.9. The molecule has 0 radical (unpaired) electrons. The second-order valence-electron chi connectivity index (χ2n) is 5.41. The molecule has 0 heterocycles. The fraction of sp³-hybridized carbons (Fsp3) is 0.250. The summed E-state index contributed by atoms with van der Waals surface area (Å²) in [6.45, 7) is 1.84. The lowest BCUT2D eigenvalue weighted by Crippen LogP contribution is -2.29. The number of benzene rings is 2. The number of halogens is 2. The molecule has 142 valence electrons. The summed E-state index contributed by atoms with van der Waals surface area (Å²) in [7, 11) is -5.59. The van der Waals surface area contributed by atoms with Crippen molar-refractivity contribution in [3.8, 4) is 0 Å². The number of hydrogen-bond donors (Lipinski definition) is 1. The molecule has 2 aromatic carbocycles. The third-order valence-corrected chi connectivity index (χ3v) is 7.91.